The Morgan fingerprint density at radius 3 is 2.46 bits per heavy atom. The maximum absolute atomic E-state index is 10.9. The van der Waals surface area contributed by atoms with E-state index in [4.69, 9.17) is 5.84 Å². The van der Waals surface area contributed by atoms with Crippen LogP contribution < -0.4 is 16.6 Å². The molecule has 0 radical (unpaired) electrons. The van der Waals surface area contributed by atoms with Crippen molar-refractivity contribution >= 4 is 11.8 Å². The van der Waals surface area contributed by atoms with Crippen LogP contribution in [0.15, 0.2) is 0 Å². The predicted octanol–water partition coefficient (Wildman–Crippen LogP) is -0.717. The summed E-state index contributed by atoms with van der Waals surface area (Å²) in [5, 5.41) is 2.50. The molecule has 1 saturated carbocycles. The number of amides is 2. The van der Waals surface area contributed by atoms with Gasteiger partial charge in [0, 0.05) is 6.54 Å². The smallest absolute Gasteiger partial charge is 0.323 e. The first-order chi connectivity index (χ1) is 6.24. The predicted molar refractivity (Wildman–Crippen MR) is 47.3 cm³/mol. The molecule has 0 aromatic carbocycles. The first-order valence-electron chi connectivity index (χ1n) is 4.53. The molecule has 0 heterocycles. The zero-order valence-electron chi connectivity index (χ0n) is 7.51. The topological polar surface area (TPSA) is 84.2 Å². The number of nitrogens with two attached hydrogens (primary N) is 1. The summed E-state index contributed by atoms with van der Waals surface area (Å²) in [7, 11) is 0. The van der Waals surface area contributed by atoms with E-state index in [1.807, 2.05) is 0 Å². The highest BCUT2D eigenvalue weighted by atomic mass is 16.2. The molecule has 13 heavy (non-hydrogen) atoms. The molecule has 1 rings (SSSR count). The van der Waals surface area contributed by atoms with E-state index in [-0.39, 0.29) is 0 Å². The molecular weight excluding hydrogens is 170 g/mol. The van der Waals surface area contributed by atoms with E-state index in [1.54, 1.807) is 5.43 Å². The fourth-order valence-electron chi connectivity index (χ4n) is 1.32. The van der Waals surface area contributed by atoms with E-state index in [9.17, 15) is 9.59 Å². The van der Waals surface area contributed by atoms with E-state index >= 15 is 0 Å². The summed E-state index contributed by atoms with van der Waals surface area (Å²) in [5.74, 6) is 4.08. The van der Waals surface area contributed by atoms with Crippen LogP contribution in [0.4, 0.5) is 0 Å². The molecule has 1 aliphatic carbocycles. The fourth-order valence-corrected chi connectivity index (χ4v) is 1.32. The third kappa shape index (κ3) is 3.02. The quantitative estimate of drug-likeness (QED) is 0.235. The second-order valence-electron chi connectivity index (χ2n) is 3.31. The van der Waals surface area contributed by atoms with Gasteiger partial charge in [0.2, 0.25) is 0 Å². The van der Waals surface area contributed by atoms with Crippen LogP contribution in [-0.4, -0.2) is 18.4 Å². The van der Waals surface area contributed by atoms with Crippen molar-refractivity contribution in [1.82, 2.24) is 10.7 Å². The molecule has 2 amide bonds. The number of hydrogen-bond acceptors (Lipinski definition) is 3. The van der Waals surface area contributed by atoms with Crippen LogP contribution in [0, 0.1) is 5.92 Å². The van der Waals surface area contributed by atoms with E-state index in [0.29, 0.717) is 6.54 Å². The Labute approximate surface area is 77.0 Å². The van der Waals surface area contributed by atoms with Crippen LogP contribution in [0.2, 0.25) is 0 Å². The molecule has 0 atom stereocenters. The van der Waals surface area contributed by atoms with Gasteiger partial charge in [-0.25, -0.2) is 5.84 Å². The SMILES string of the molecule is NNC(=O)C(=O)NCCC1CCC1. The normalized spacial score (nSPS) is 16.1. The number of carbonyl (C=O) groups excluding carboxylic acids is 2. The van der Waals surface area contributed by atoms with Crippen molar-refractivity contribution in [2.24, 2.45) is 11.8 Å². The summed E-state index contributed by atoms with van der Waals surface area (Å²) in [6.07, 6.45) is 4.75. The summed E-state index contributed by atoms with van der Waals surface area (Å²) in [6.45, 7) is 0.566. The van der Waals surface area contributed by atoms with Crippen molar-refractivity contribution < 1.29 is 9.59 Å². The van der Waals surface area contributed by atoms with Gasteiger partial charge in [0.25, 0.3) is 0 Å². The van der Waals surface area contributed by atoms with E-state index < -0.39 is 11.8 Å². The Hall–Kier alpha value is -1.10. The zero-order chi connectivity index (χ0) is 9.68. The van der Waals surface area contributed by atoms with Crippen molar-refractivity contribution in [3.63, 3.8) is 0 Å². The highest BCUT2D eigenvalue weighted by Gasteiger charge is 2.17. The number of nitrogens with one attached hydrogen (secondary N) is 2. The molecular formula is C8H15N3O2. The largest absolute Gasteiger partial charge is 0.348 e. The summed E-state index contributed by atoms with van der Waals surface area (Å²) in [5.41, 5.74) is 1.78. The maximum atomic E-state index is 10.9. The number of hydrogen-bond donors (Lipinski definition) is 3. The summed E-state index contributed by atoms with van der Waals surface area (Å²) < 4.78 is 0. The molecule has 5 heteroatoms. The zero-order valence-corrected chi connectivity index (χ0v) is 7.51. The lowest BCUT2D eigenvalue weighted by Crippen LogP contribution is -2.43. The van der Waals surface area contributed by atoms with Crippen LogP contribution in [0.3, 0.4) is 0 Å². The van der Waals surface area contributed by atoms with Gasteiger partial charge >= 0.3 is 11.8 Å². The van der Waals surface area contributed by atoms with Crippen LogP contribution in [0.25, 0.3) is 0 Å². The minimum atomic E-state index is -0.784. The molecule has 4 N–H and O–H groups in total. The van der Waals surface area contributed by atoms with Gasteiger partial charge < -0.3 is 5.32 Å². The first-order valence-corrected chi connectivity index (χ1v) is 4.53. The highest BCUT2D eigenvalue weighted by molar-refractivity contribution is 6.34. The van der Waals surface area contributed by atoms with Gasteiger partial charge in [-0.3, -0.25) is 15.0 Å². The second-order valence-corrected chi connectivity index (χ2v) is 3.31. The summed E-state index contributed by atoms with van der Waals surface area (Å²) in [6, 6.07) is 0. The molecule has 1 fully saturated rings. The highest BCUT2D eigenvalue weighted by Crippen LogP contribution is 2.28. The molecule has 0 aromatic heterocycles. The fraction of sp³-hybridized carbons (Fsp3) is 0.750. The monoisotopic (exact) mass is 185 g/mol. The third-order valence-corrected chi connectivity index (χ3v) is 2.40. The van der Waals surface area contributed by atoms with Crippen LogP contribution in [0.5, 0.6) is 0 Å². The van der Waals surface area contributed by atoms with Crippen molar-refractivity contribution in [2.75, 3.05) is 6.54 Å². The van der Waals surface area contributed by atoms with Crippen molar-refractivity contribution in [2.45, 2.75) is 25.7 Å². The number of rotatable bonds is 3. The van der Waals surface area contributed by atoms with Crippen LogP contribution in [0.1, 0.15) is 25.7 Å². The van der Waals surface area contributed by atoms with E-state index in [1.165, 1.54) is 19.3 Å². The Balaban J connectivity index is 2.04. The van der Waals surface area contributed by atoms with Gasteiger partial charge in [-0.1, -0.05) is 19.3 Å². The van der Waals surface area contributed by atoms with E-state index in [2.05, 4.69) is 5.32 Å². The third-order valence-electron chi connectivity index (χ3n) is 2.40. The second kappa shape index (κ2) is 4.81. The van der Waals surface area contributed by atoms with Crippen LogP contribution in [-0.2, 0) is 9.59 Å². The Morgan fingerprint density at radius 1 is 1.31 bits per heavy atom. The summed E-state index contributed by atoms with van der Waals surface area (Å²) >= 11 is 0. The van der Waals surface area contributed by atoms with Crippen molar-refractivity contribution in [1.29, 1.82) is 0 Å². The van der Waals surface area contributed by atoms with Gasteiger partial charge in [-0.2, -0.15) is 0 Å². The minimum absolute atomic E-state index is 0.566. The molecule has 0 saturated heterocycles. The van der Waals surface area contributed by atoms with Crippen molar-refractivity contribution in [3.8, 4) is 0 Å². The van der Waals surface area contributed by atoms with Gasteiger partial charge in [0.15, 0.2) is 0 Å². The number of hydrazine groups is 1. The molecule has 0 unspecified atom stereocenters. The Kier molecular flexibility index (Phi) is 3.70. The average Bonchev–Trinajstić information content (AvgIpc) is 2.07. The maximum Gasteiger partial charge on any atom is 0.323 e. The lowest BCUT2D eigenvalue weighted by Gasteiger charge is -2.24. The average molecular weight is 185 g/mol. The molecule has 0 spiro atoms. The summed E-state index contributed by atoms with van der Waals surface area (Å²) in [4.78, 5) is 21.5. The lowest BCUT2D eigenvalue weighted by atomic mass is 9.83. The van der Waals surface area contributed by atoms with Crippen molar-refractivity contribution in [3.05, 3.63) is 0 Å². The molecule has 1 aliphatic rings. The Bertz CT molecular complexity index is 202. The number of carbonyl (C=O) groups is 2. The first kappa shape index (κ1) is 9.98. The van der Waals surface area contributed by atoms with Gasteiger partial charge in [0.05, 0.1) is 0 Å². The molecule has 0 aromatic rings. The molecule has 74 valence electrons. The lowest BCUT2D eigenvalue weighted by molar-refractivity contribution is -0.139. The Morgan fingerprint density at radius 2 is 2.00 bits per heavy atom. The molecule has 0 aliphatic heterocycles. The minimum Gasteiger partial charge on any atom is -0.348 e. The van der Waals surface area contributed by atoms with Crippen LogP contribution >= 0.6 is 0 Å². The van der Waals surface area contributed by atoms with Gasteiger partial charge in [-0.15, -0.1) is 0 Å². The van der Waals surface area contributed by atoms with E-state index in [0.717, 1.165) is 12.3 Å². The molecule has 5 nitrogen and oxygen atoms in total. The van der Waals surface area contributed by atoms with Gasteiger partial charge in [0.1, 0.15) is 0 Å². The standard InChI is InChI=1S/C8H15N3O2/c9-11-8(13)7(12)10-5-4-6-2-1-3-6/h6H,1-5,9H2,(H,10,12)(H,11,13). The molecule has 0 bridgehead atoms. The van der Waals surface area contributed by atoms with Gasteiger partial charge in [-0.05, 0) is 12.3 Å².